The number of aromatic nitrogens is 1. The average molecular weight is 256 g/mol. The minimum absolute atomic E-state index is 0.107. The van der Waals surface area contributed by atoms with Crippen molar-refractivity contribution in [3.05, 3.63) is 36.7 Å². The fourth-order valence-corrected chi connectivity index (χ4v) is 2.02. The number of nitrogens with zero attached hydrogens (tertiary/aromatic N) is 1. The number of nitrogens with one attached hydrogen (secondary N) is 1. The van der Waals surface area contributed by atoms with E-state index in [0.717, 1.165) is 16.5 Å². The summed E-state index contributed by atoms with van der Waals surface area (Å²) in [5, 5.41) is 4.89. The van der Waals surface area contributed by atoms with Gasteiger partial charge in [0.25, 0.3) is 0 Å². The number of amides is 1. The first kappa shape index (κ1) is 12.1. The van der Waals surface area contributed by atoms with Crippen LogP contribution >= 0.6 is 0 Å². The Morgan fingerprint density at radius 3 is 3.11 bits per heavy atom. The summed E-state index contributed by atoms with van der Waals surface area (Å²) in [6, 6.07) is 7.67. The van der Waals surface area contributed by atoms with Gasteiger partial charge in [-0.2, -0.15) is 0 Å². The van der Waals surface area contributed by atoms with Crippen LogP contribution in [0.2, 0.25) is 0 Å². The Bertz CT molecular complexity index is 588. The van der Waals surface area contributed by atoms with Crippen LogP contribution in [0.1, 0.15) is 12.8 Å². The molecule has 1 saturated carbocycles. The Morgan fingerprint density at radius 1 is 1.37 bits per heavy atom. The summed E-state index contributed by atoms with van der Waals surface area (Å²) in [4.78, 5) is 15.9. The topological polar surface area (TPSA) is 51.2 Å². The minimum atomic E-state index is -0.107. The van der Waals surface area contributed by atoms with Crippen molar-refractivity contribution in [2.45, 2.75) is 12.8 Å². The average Bonchev–Trinajstić information content (AvgIpc) is 3.23. The quantitative estimate of drug-likeness (QED) is 0.894. The van der Waals surface area contributed by atoms with E-state index in [-0.39, 0.29) is 12.5 Å². The van der Waals surface area contributed by atoms with Crippen LogP contribution in [-0.4, -0.2) is 24.1 Å². The molecule has 1 heterocycles. The molecule has 1 fully saturated rings. The summed E-state index contributed by atoms with van der Waals surface area (Å²) in [7, 11) is 0. The molecule has 0 unspecified atom stereocenters. The normalized spacial score (nSPS) is 14.5. The van der Waals surface area contributed by atoms with Crippen molar-refractivity contribution in [1.29, 1.82) is 0 Å². The highest BCUT2D eigenvalue weighted by Gasteiger charge is 2.21. The highest BCUT2D eigenvalue weighted by molar-refractivity contribution is 6.02. The second-order valence-corrected chi connectivity index (χ2v) is 4.91. The Morgan fingerprint density at radius 2 is 2.26 bits per heavy atom. The molecule has 0 aliphatic heterocycles. The van der Waals surface area contributed by atoms with Crippen LogP contribution in [0.15, 0.2) is 36.7 Å². The summed E-state index contributed by atoms with van der Waals surface area (Å²) < 4.78 is 5.38. The molecule has 98 valence electrons. The SMILES string of the molecule is O=C(COCC1CC1)Nc1cccc2cnccc12. The molecule has 0 atom stereocenters. The number of pyridine rings is 1. The van der Waals surface area contributed by atoms with Gasteiger partial charge in [-0.15, -0.1) is 0 Å². The third kappa shape index (κ3) is 3.09. The fraction of sp³-hybridized carbons (Fsp3) is 0.333. The van der Waals surface area contributed by atoms with Crippen LogP contribution in [0.4, 0.5) is 5.69 Å². The number of hydrogen-bond donors (Lipinski definition) is 1. The zero-order valence-electron chi connectivity index (χ0n) is 10.6. The van der Waals surface area contributed by atoms with Crippen molar-refractivity contribution in [2.75, 3.05) is 18.5 Å². The number of carbonyl (C=O) groups excluding carboxylic acids is 1. The largest absolute Gasteiger partial charge is 0.371 e. The molecule has 1 aromatic carbocycles. The standard InChI is InChI=1S/C15H16N2O2/c18-15(10-19-9-11-4-5-11)17-14-3-1-2-12-8-16-7-6-13(12)14/h1-3,6-8,11H,4-5,9-10H2,(H,17,18). The minimum Gasteiger partial charge on any atom is -0.371 e. The molecular formula is C15H16N2O2. The lowest BCUT2D eigenvalue weighted by atomic mass is 10.1. The van der Waals surface area contributed by atoms with Gasteiger partial charge in [-0.3, -0.25) is 9.78 Å². The second-order valence-electron chi connectivity index (χ2n) is 4.91. The fourth-order valence-electron chi connectivity index (χ4n) is 2.02. The third-order valence-corrected chi connectivity index (χ3v) is 3.24. The molecule has 4 nitrogen and oxygen atoms in total. The van der Waals surface area contributed by atoms with Crippen LogP contribution in [0.3, 0.4) is 0 Å². The molecule has 4 heteroatoms. The van der Waals surface area contributed by atoms with E-state index in [4.69, 9.17) is 4.74 Å². The molecule has 0 radical (unpaired) electrons. The number of ether oxygens (including phenoxy) is 1. The summed E-state index contributed by atoms with van der Waals surface area (Å²) in [6.45, 7) is 0.824. The van der Waals surface area contributed by atoms with Crippen LogP contribution in [0, 0.1) is 5.92 Å². The van der Waals surface area contributed by atoms with Gasteiger partial charge < -0.3 is 10.1 Å². The molecule has 1 N–H and O–H groups in total. The number of rotatable bonds is 5. The molecule has 1 aromatic heterocycles. The van der Waals surface area contributed by atoms with Crippen LogP contribution in [0.5, 0.6) is 0 Å². The van der Waals surface area contributed by atoms with Crippen molar-refractivity contribution in [3.63, 3.8) is 0 Å². The van der Waals surface area contributed by atoms with Gasteiger partial charge in [-0.25, -0.2) is 0 Å². The summed E-state index contributed by atoms with van der Waals surface area (Å²) in [6.07, 6.45) is 5.98. The van der Waals surface area contributed by atoms with E-state index in [1.165, 1.54) is 12.8 Å². The first-order valence-electron chi connectivity index (χ1n) is 6.53. The smallest absolute Gasteiger partial charge is 0.250 e. The Labute approximate surface area is 111 Å². The van der Waals surface area contributed by atoms with Gasteiger partial charge in [0.2, 0.25) is 5.91 Å². The lowest BCUT2D eigenvalue weighted by molar-refractivity contribution is -0.120. The highest BCUT2D eigenvalue weighted by atomic mass is 16.5. The lowest BCUT2D eigenvalue weighted by Crippen LogP contribution is -2.19. The first-order valence-corrected chi connectivity index (χ1v) is 6.53. The van der Waals surface area contributed by atoms with Crippen molar-refractivity contribution < 1.29 is 9.53 Å². The molecule has 1 aliphatic carbocycles. The number of fused-ring (bicyclic) bond motifs is 1. The lowest BCUT2D eigenvalue weighted by Gasteiger charge is -2.08. The summed E-state index contributed by atoms with van der Waals surface area (Å²) in [5.41, 5.74) is 0.805. The first-order chi connectivity index (χ1) is 9.33. The van der Waals surface area contributed by atoms with E-state index >= 15 is 0 Å². The Balaban J connectivity index is 1.64. The van der Waals surface area contributed by atoms with Crippen molar-refractivity contribution >= 4 is 22.4 Å². The maximum Gasteiger partial charge on any atom is 0.250 e. The van der Waals surface area contributed by atoms with E-state index in [0.29, 0.717) is 12.5 Å². The van der Waals surface area contributed by atoms with Gasteiger partial charge in [0, 0.05) is 28.9 Å². The zero-order valence-corrected chi connectivity index (χ0v) is 10.6. The Hall–Kier alpha value is -1.94. The van der Waals surface area contributed by atoms with Gasteiger partial charge in [-0.1, -0.05) is 12.1 Å². The van der Waals surface area contributed by atoms with E-state index in [1.54, 1.807) is 12.4 Å². The molecule has 1 aliphatic rings. The summed E-state index contributed by atoms with van der Waals surface area (Å²) >= 11 is 0. The third-order valence-electron chi connectivity index (χ3n) is 3.24. The van der Waals surface area contributed by atoms with Crippen molar-refractivity contribution in [1.82, 2.24) is 4.98 Å². The molecule has 1 amide bonds. The van der Waals surface area contributed by atoms with Crippen molar-refractivity contribution in [2.24, 2.45) is 5.92 Å². The van der Waals surface area contributed by atoms with Crippen molar-refractivity contribution in [3.8, 4) is 0 Å². The van der Waals surface area contributed by atoms with E-state index in [9.17, 15) is 4.79 Å². The van der Waals surface area contributed by atoms with Gasteiger partial charge in [0.1, 0.15) is 6.61 Å². The molecule has 0 bridgehead atoms. The zero-order chi connectivity index (χ0) is 13.1. The monoisotopic (exact) mass is 256 g/mol. The molecular weight excluding hydrogens is 240 g/mol. The van der Waals surface area contributed by atoms with E-state index < -0.39 is 0 Å². The second kappa shape index (κ2) is 5.36. The maximum absolute atomic E-state index is 11.8. The van der Waals surface area contributed by atoms with Crippen LogP contribution in [-0.2, 0) is 9.53 Å². The predicted molar refractivity (Wildman–Crippen MR) is 73.9 cm³/mol. The maximum atomic E-state index is 11.8. The number of hydrogen-bond acceptors (Lipinski definition) is 3. The molecule has 0 spiro atoms. The van der Waals surface area contributed by atoms with Gasteiger partial charge in [-0.05, 0) is 30.9 Å². The van der Waals surface area contributed by atoms with Gasteiger partial charge in [0.15, 0.2) is 0 Å². The number of anilines is 1. The Kier molecular flexibility index (Phi) is 3.42. The van der Waals surface area contributed by atoms with E-state index in [1.807, 2.05) is 24.3 Å². The molecule has 3 rings (SSSR count). The number of benzene rings is 1. The van der Waals surface area contributed by atoms with Crippen LogP contribution < -0.4 is 5.32 Å². The van der Waals surface area contributed by atoms with Gasteiger partial charge >= 0.3 is 0 Å². The number of carbonyl (C=O) groups is 1. The molecule has 19 heavy (non-hydrogen) atoms. The predicted octanol–water partition coefficient (Wildman–Crippen LogP) is 2.60. The highest BCUT2D eigenvalue weighted by Crippen LogP contribution is 2.28. The van der Waals surface area contributed by atoms with Gasteiger partial charge in [0.05, 0.1) is 6.61 Å². The van der Waals surface area contributed by atoms with E-state index in [2.05, 4.69) is 10.3 Å². The van der Waals surface area contributed by atoms with Crippen LogP contribution in [0.25, 0.3) is 10.8 Å². The molecule has 0 saturated heterocycles. The summed E-state index contributed by atoms with van der Waals surface area (Å²) in [5.74, 6) is 0.571. The molecule has 2 aromatic rings.